The molecule has 4 nitrogen and oxygen atoms in total. The van der Waals surface area contributed by atoms with Gasteiger partial charge in [-0.3, -0.25) is 4.55 Å². The van der Waals surface area contributed by atoms with E-state index in [4.69, 9.17) is 9.29 Å². The first-order chi connectivity index (χ1) is 12.7. The molecule has 0 spiro atoms. The number of alkyl halides is 4. The minimum absolute atomic E-state index is 0.0576. The van der Waals surface area contributed by atoms with Crippen LogP contribution in [-0.4, -0.2) is 55.6 Å². The average Bonchev–Trinajstić information content (AvgIpc) is 2.59. The second-order valence-electron chi connectivity index (χ2n) is 7.27. The topological polar surface area (TPSA) is 63.6 Å². The maximum atomic E-state index is 14.0. The third-order valence-electron chi connectivity index (χ3n) is 5.02. The molecule has 1 fully saturated rings. The van der Waals surface area contributed by atoms with Crippen LogP contribution in [0.5, 0.6) is 0 Å². The Hall–Kier alpha value is -0.410. The van der Waals surface area contributed by atoms with E-state index in [-0.39, 0.29) is 6.61 Å². The van der Waals surface area contributed by atoms with E-state index in [1.165, 1.54) is 32.1 Å². The molecular weight excluding hydrogens is 388 g/mol. The summed E-state index contributed by atoms with van der Waals surface area (Å²) in [6.45, 7) is 2.11. The van der Waals surface area contributed by atoms with E-state index in [9.17, 15) is 26.0 Å². The molecule has 1 aliphatic rings. The van der Waals surface area contributed by atoms with Crippen LogP contribution in [-0.2, 0) is 14.9 Å². The van der Waals surface area contributed by atoms with Crippen LogP contribution in [0.25, 0.3) is 0 Å². The number of hydrogen-bond donors (Lipinski definition) is 1. The summed E-state index contributed by atoms with van der Waals surface area (Å²) in [7, 11) is -5.24. The van der Waals surface area contributed by atoms with Gasteiger partial charge < -0.3 is 4.74 Å². The van der Waals surface area contributed by atoms with Crippen LogP contribution in [0.4, 0.5) is 17.6 Å². The summed E-state index contributed by atoms with van der Waals surface area (Å²) in [5.74, 6) is 0. The molecule has 4 unspecified atom stereocenters. The van der Waals surface area contributed by atoms with Gasteiger partial charge in [-0.2, -0.15) is 8.42 Å². The van der Waals surface area contributed by atoms with Crippen molar-refractivity contribution >= 4 is 10.1 Å². The molecular formula is C18H32F4O4S. The molecule has 162 valence electrons. The smallest absolute Gasteiger partial charge is 0.273 e. The lowest BCUT2D eigenvalue weighted by Crippen LogP contribution is -2.61. The summed E-state index contributed by atoms with van der Waals surface area (Å²) < 4.78 is 91.3. The lowest BCUT2D eigenvalue weighted by atomic mass is 9.90. The fourth-order valence-corrected chi connectivity index (χ4v) is 4.35. The molecule has 0 bridgehead atoms. The zero-order valence-corrected chi connectivity index (χ0v) is 16.7. The van der Waals surface area contributed by atoms with E-state index in [1.54, 1.807) is 0 Å². The molecule has 1 aliphatic carbocycles. The van der Waals surface area contributed by atoms with Gasteiger partial charge in [0, 0.05) is 6.61 Å². The van der Waals surface area contributed by atoms with Gasteiger partial charge in [0.1, 0.15) is 6.10 Å². The van der Waals surface area contributed by atoms with E-state index < -0.39 is 46.2 Å². The highest BCUT2D eigenvalue weighted by Gasteiger charge is 2.58. The second-order valence-corrected chi connectivity index (χ2v) is 8.85. The summed E-state index contributed by atoms with van der Waals surface area (Å²) in [4.78, 5) is 0. The molecule has 0 aromatic carbocycles. The molecule has 1 saturated carbocycles. The molecule has 0 radical (unpaired) electrons. The number of rotatable bonds is 13. The van der Waals surface area contributed by atoms with Crippen molar-refractivity contribution in [1.82, 2.24) is 0 Å². The number of hydrogen-bond acceptors (Lipinski definition) is 3. The Labute approximate surface area is 159 Å². The fraction of sp³-hybridized carbons (Fsp3) is 1.00. The van der Waals surface area contributed by atoms with Gasteiger partial charge >= 0.3 is 0 Å². The normalized spacial score (nSPS) is 31.9. The van der Waals surface area contributed by atoms with Crippen molar-refractivity contribution in [2.75, 3.05) is 6.61 Å². The lowest BCUT2D eigenvalue weighted by molar-refractivity contribution is -0.119. The van der Waals surface area contributed by atoms with E-state index in [1.807, 2.05) is 0 Å². The summed E-state index contributed by atoms with van der Waals surface area (Å²) in [6.07, 6.45) is -2.50. The van der Waals surface area contributed by atoms with Gasteiger partial charge in [0.2, 0.25) is 0 Å². The van der Waals surface area contributed by atoms with Crippen molar-refractivity contribution < 1.29 is 35.3 Å². The van der Waals surface area contributed by atoms with Gasteiger partial charge in [-0.05, 0) is 6.42 Å². The largest absolute Gasteiger partial charge is 0.372 e. The fourth-order valence-electron chi connectivity index (χ4n) is 3.40. The van der Waals surface area contributed by atoms with Gasteiger partial charge in [-0.25, -0.2) is 17.6 Å². The Bertz CT molecular complexity index is 490. The zero-order valence-electron chi connectivity index (χ0n) is 15.8. The van der Waals surface area contributed by atoms with Crippen LogP contribution >= 0.6 is 0 Å². The summed E-state index contributed by atoms with van der Waals surface area (Å²) >= 11 is 0. The minimum atomic E-state index is -5.24. The molecule has 0 saturated heterocycles. The van der Waals surface area contributed by atoms with Gasteiger partial charge in [-0.1, -0.05) is 64.7 Å². The summed E-state index contributed by atoms with van der Waals surface area (Å²) in [5, 5.41) is -2.76. The number of unbranched alkanes of at least 4 members (excludes halogenated alkanes) is 9. The highest BCUT2D eigenvalue weighted by Crippen LogP contribution is 2.35. The van der Waals surface area contributed by atoms with Gasteiger partial charge in [0.05, 0.1) is 0 Å². The number of ether oxygens (including phenoxy) is 1. The quantitative estimate of drug-likeness (QED) is 0.261. The van der Waals surface area contributed by atoms with Crippen molar-refractivity contribution in [1.29, 1.82) is 0 Å². The van der Waals surface area contributed by atoms with E-state index in [2.05, 4.69) is 6.92 Å². The highest BCUT2D eigenvalue weighted by atomic mass is 32.2. The predicted octanol–water partition coefficient (Wildman–Crippen LogP) is 4.91. The van der Waals surface area contributed by atoms with Crippen LogP contribution in [0.2, 0.25) is 0 Å². The Kier molecular flexibility index (Phi) is 11.1. The maximum absolute atomic E-state index is 14.0. The Morgan fingerprint density at radius 3 is 1.56 bits per heavy atom. The molecule has 9 heteroatoms. The first-order valence-electron chi connectivity index (χ1n) is 9.86. The SMILES string of the molecule is CCCCCCCCCCCCOC1C(F)C(F)C(S(=O)(=O)O)C(F)C1F. The highest BCUT2D eigenvalue weighted by molar-refractivity contribution is 7.86. The van der Waals surface area contributed by atoms with Crippen LogP contribution in [0, 0.1) is 0 Å². The van der Waals surface area contributed by atoms with Crippen LogP contribution in [0.3, 0.4) is 0 Å². The summed E-state index contributed by atoms with van der Waals surface area (Å²) in [6, 6.07) is 0. The lowest BCUT2D eigenvalue weighted by Gasteiger charge is -2.37. The maximum Gasteiger partial charge on any atom is 0.273 e. The monoisotopic (exact) mass is 420 g/mol. The van der Waals surface area contributed by atoms with Crippen molar-refractivity contribution in [2.45, 2.75) is 107 Å². The molecule has 0 aliphatic heterocycles. The molecule has 0 aromatic rings. The van der Waals surface area contributed by atoms with Crippen molar-refractivity contribution in [3.8, 4) is 0 Å². The van der Waals surface area contributed by atoms with Crippen molar-refractivity contribution in [3.63, 3.8) is 0 Å². The van der Waals surface area contributed by atoms with Crippen LogP contribution < -0.4 is 0 Å². The van der Waals surface area contributed by atoms with E-state index in [0.29, 0.717) is 6.42 Å². The summed E-state index contributed by atoms with van der Waals surface area (Å²) in [5.41, 5.74) is 0. The standard InChI is InChI=1S/C18H32F4O4S/c1-2-3-4-5-6-7-8-9-10-11-12-26-17-13(19)15(21)18(27(23,24)25)16(22)14(17)20/h13-18H,2-12H2,1H3,(H,23,24,25). The molecule has 1 rings (SSSR count). The molecule has 27 heavy (non-hydrogen) atoms. The first-order valence-corrected chi connectivity index (χ1v) is 11.4. The molecule has 0 heterocycles. The van der Waals surface area contributed by atoms with Crippen molar-refractivity contribution in [2.24, 2.45) is 0 Å². The zero-order chi connectivity index (χ0) is 20.4. The number of halogens is 4. The van der Waals surface area contributed by atoms with Gasteiger partial charge in [-0.15, -0.1) is 0 Å². The third kappa shape index (κ3) is 7.85. The molecule has 0 aromatic heterocycles. The van der Waals surface area contributed by atoms with E-state index in [0.717, 1.165) is 25.7 Å². The predicted molar refractivity (Wildman–Crippen MR) is 96.5 cm³/mol. The van der Waals surface area contributed by atoms with Crippen LogP contribution in [0.1, 0.15) is 71.1 Å². The van der Waals surface area contributed by atoms with E-state index >= 15 is 0 Å². The molecule has 4 atom stereocenters. The molecule has 1 N–H and O–H groups in total. The Morgan fingerprint density at radius 1 is 0.741 bits per heavy atom. The van der Waals surface area contributed by atoms with Gasteiger partial charge in [0.15, 0.2) is 29.9 Å². The van der Waals surface area contributed by atoms with Crippen LogP contribution in [0.15, 0.2) is 0 Å². The van der Waals surface area contributed by atoms with Gasteiger partial charge in [0.25, 0.3) is 10.1 Å². The third-order valence-corrected chi connectivity index (χ3v) is 6.22. The molecule has 0 amide bonds. The second kappa shape index (κ2) is 12.2. The first kappa shape index (κ1) is 24.6. The Balaban J connectivity index is 2.25. The minimum Gasteiger partial charge on any atom is -0.372 e. The Morgan fingerprint density at radius 2 is 1.15 bits per heavy atom. The average molecular weight is 421 g/mol. The van der Waals surface area contributed by atoms with Crippen molar-refractivity contribution in [3.05, 3.63) is 0 Å².